The van der Waals surface area contributed by atoms with Crippen LogP contribution in [0.1, 0.15) is 27.9 Å². The normalized spacial score (nSPS) is 11.4. The summed E-state index contributed by atoms with van der Waals surface area (Å²) < 4.78 is 5.90. The molecular formula is C19H28N4OS. The van der Waals surface area contributed by atoms with Gasteiger partial charge in [-0.15, -0.1) is 11.3 Å². The van der Waals surface area contributed by atoms with E-state index in [-0.39, 0.29) is 0 Å². The van der Waals surface area contributed by atoms with Crippen molar-refractivity contribution < 1.29 is 4.74 Å². The number of benzene rings is 1. The monoisotopic (exact) mass is 360 g/mol. The lowest BCUT2D eigenvalue weighted by Crippen LogP contribution is -2.40. The molecule has 1 heterocycles. The van der Waals surface area contributed by atoms with Crippen molar-refractivity contribution in [3.63, 3.8) is 0 Å². The van der Waals surface area contributed by atoms with Crippen LogP contribution in [0.25, 0.3) is 0 Å². The van der Waals surface area contributed by atoms with Crippen LogP contribution in [0.15, 0.2) is 29.4 Å². The average molecular weight is 361 g/mol. The van der Waals surface area contributed by atoms with E-state index in [1.54, 1.807) is 18.4 Å². The first-order chi connectivity index (χ1) is 12.1. The van der Waals surface area contributed by atoms with E-state index in [9.17, 15) is 0 Å². The summed E-state index contributed by atoms with van der Waals surface area (Å²) in [4.78, 5) is 10.0. The highest BCUT2D eigenvalue weighted by Gasteiger charge is 2.04. The van der Waals surface area contributed by atoms with E-state index in [1.165, 1.54) is 4.88 Å². The molecule has 2 rings (SSSR count). The summed E-state index contributed by atoms with van der Waals surface area (Å²) in [5.74, 6) is 1.76. The van der Waals surface area contributed by atoms with Gasteiger partial charge in [-0.05, 0) is 31.4 Å². The number of aliphatic imine (C=N–C) groups is 1. The van der Waals surface area contributed by atoms with Crippen LogP contribution in [-0.2, 0) is 12.8 Å². The Morgan fingerprint density at radius 1 is 1.20 bits per heavy atom. The third-order valence-electron chi connectivity index (χ3n) is 3.85. The van der Waals surface area contributed by atoms with Crippen LogP contribution in [0, 0.1) is 13.8 Å². The van der Waals surface area contributed by atoms with Gasteiger partial charge >= 0.3 is 0 Å². The van der Waals surface area contributed by atoms with Gasteiger partial charge in [0, 0.05) is 31.1 Å². The Balaban J connectivity index is 1.68. The number of thiazole rings is 1. The molecule has 1 aromatic carbocycles. The van der Waals surface area contributed by atoms with E-state index in [0.29, 0.717) is 13.2 Å². The van der Waals surface area contributed by atoms with E-state index >= 15 is 0 Å². The number of guanidine groups is 1. The Hall–Kier alpha value is -2.08. The van der Waals surface area contributed by atoms with Crippen LogP contribution in [0.4, 0.5) is 0 Å². The summed E-state index contributed by atoms with van der Waals surface area (Å²) in [6.45, 7) is 8.40. The zero-order valence-electron chi connectivity index (χ0n) is 15.6. The van der Waals surface area contributed by atoms with Gasteiger partial charge in [0.1, 0.15) is 12.4 Å². The predicted molar refractivity (Wildman–Crippen MR) is 106 cm³/mol. The Bertz CT molecular complexity index is 676. The molecule has 0 saturated carbocycles. The van der Waals surface area contributed by atoms with Crippen molar-refractivity contribution in [1.82, 2.24) is 15.6 Å². The fraction of sp³-hybridized carbons (Fsp3) is 0.474. The fourth-order valence-electron chi connectivity index (χ4n) is 2.48. The number of ether oxygens (including phenoxy) is 1. The Kier molecular flexibility index (Phi) is 7.73. The van der Waals surface area contributed by atoms with Crippen LogP contribution in [0.5, 0.6) is 5.75 Å². The molecule has 0 aliphatic heterocycles. The van der Waals surface area contributed by atoms with Gasteiger partial charge in [-0.2, -0.15) is 0 Å². The van der Waals surface area contributed by atoms with E-state index in [2.05, 4.69) is 53.5 Å². The van der Waals surface area contributed by atoms with Gasteiger partial charge in [0.15, 0.2) is 5.96 Å². The number of aryl methyl sites for hydroxylation is 3. The number of aromatic nitrogens is 1. The second-order valence-corrected chi connectivity index (χ2v) is 7.02. The van der Waals surface area contributed by atoms with Crippen molar-refractivity contribution in [2.24, 2.45) is 4.99 Å². The lowest BCUT2D eigenvalue weighted by atomic mass is 10.1. The largest absolute Gasteiger partial charge is 0.491 e. The summed E-state index contributed by atoms with van der Waals surface area (Å²) >= 11 is 1.78. The van der Waals surface area contributed by atoms with Crippen molar-refractivity contribution in [2.45, 2.75) is 33.6 Å². The number of hydrogen-bond donors (Lipinski definition) is 2. The SMILES string of the molecule is CCc1cnc(CCNC(=NC)NCCOc2c(C)cccc2C)s1. The molecule has 0 amide bonds. The molecule has 0 bridgehead atoms. The topological polar surface area (TPSA) is 58.5 Å². The first kappa shape index (κ1) is 19.2. The molecule has 0 saturated heterocycles. The summed E-state index contributed by atoms with van der Waals surface area (Å²) in [6, 6.07) is 6.19. The minimum atomic E-state index is 0.596. The van der Waals surface area contributed by atoms with Crippen LogP contribution < -0.4 is 15.4 Å². The van der Waals surface area contributed by atoms with Gasteiger partial charge in [-0.25, -0.2) is 4.98 Å². The molecule has 0 radical (unpaired) electrons. The summed E-state index contributed by atoms with van der Waals surface area (Å²) in [6.07, 6.45) is 3.93. The molecule has 2 aromatic rings. The summed E-state index contributed by atoms with van der Waals surface area (Å²) in [7, 11) is 1.78. The number of hydrogen-bond acceptors (Lipinski definition) is 4. The van der Waals surface area contributed by atoms with Gasteiger partial charge in [0.25, 0.3) is 0 Å². The van der Waals surface area contributed by atoms with E-state index in [4.69, 9.17) is 4.74 Å². The van der Waals surface area contributed by atoms with E-state index < -0.39 is 0 Å². The zero-order chi connectivity index (χ0) is 18.1. The second kappa shape index (κ2) is 10.0. The summed E-state index contributed by atoms with van der Waals surface area (Å²) in [5, 5.41) is 7.76. The maximum absolute atomic E-state index is 5.90. The highest BCUT2D eigenvalue weighted by molar-refractivity contribution is 7.11. The highest BCUT2D eigenvalue weighted by atomic mass is 32.1. The lowest BCUT2D eigenvalue weighted by molar-refractivity contribution is 0.317. The maximum atomic E-state index is 5.90. The van der Waals surface area contributed by atoms with Crippen LogP contribution in [-0.4, -0.2) is 37.7 Å². The van der Waals surface area contributed by atoms with Crippen molar-refractivity contribution in [3.05, 3.63) is 45.4 Å². The highest BCUT2D eigenvalue weighted by Crippen LogP contribution is 2.21. The first-order valence-electron chi connectivity index (χ1n) is 8.71. The average Bonchev–Trinajstić information content (AvgIpc) is 3.07. The van der Waals surface area contributed by atoms with E-state index in [0.717, 1.165) is 47.2 Å². The van der Waals surface area contributed by atoms with Crippen molar-refractivity contribution in [2.75, 3.05) is 26.7 Å². The van der Waals surface area contributed by atoms with Crippen LogP contribution in [0.2, 0.25) is 0 Å². The molecule has 136 valence electrons. The Morgan fingerprint density at radius 3 is 2.56 bits per heavy atom. The second-order valence-electron chi connectivity index (χ2n) is 5.82. The Labute approximate surface area is 154 Å². The molecular weight excluding hydrogens is 332 g/mol. The fourth-order valence-corrected chi connectivity index (χ4v) is 3.35. The third kappa shape index (κ3) is 6.05. The van der Waals surface area contributed by atoms with Gasteiger partial charge in [0.2, 0.25) is 0 Å². The minimum absolute atomic E-state index is 0.596. The standard InChI is InChI=1S/C19H28N4OS/c1-5-16-13-23-17(25-16)9-10-21-19(20-4)22-11-12-24-18-14(2)7-6-8-15(18)3/h6-8,13H,5,9-12H2,1-4H3,(H2,20,21,22). The molecule has 0 fully saturated rings. The number of nitrogens with zero attached hydrogens (tertiary/aromatic N) is 2. The molecule has 0 unspecified atom stereocenters. The number of rotatable bonds is 8. The number of nitrogens with one attached hydrogen (secondary N) is 2. The molecule has 0 atom stereocenters. The molecule has 5 nitrogen and oxygen atoms in total. The van der Waals surface area contributed by atoms with Crippen molar-refractivity contribution >= 4 is 17.3 Å². The molecule has 1 aromatic heterocycles. The van der Waals surface area contributed by atoms with Crippen LogP contribution >= 0.6 is 11.3 Å². The molecule has 6 heteroatoms. The Morgan fingerprint density at radius 2 is 1.92 bits per heavy atom. The first-order valence-corrected chi connectivity index (χ1v) is 9.52. The molecule has 0 aliphatic carbocycles. The molecule has 0 aliphatic rings. The zero-order valence-corrected chi connectivity index (χ0v) is 16.4. The minimum Gasteiger partial charge on any atom is -0.491 e. The lowest BCUT2D eigenvalue weighted by Gasteiger charge is -2.14. The number of para-hydroxylation sites is 1. The van der Waals surface area contributed by atoms with Gasteiger partial charge in [0.05, 0.1) is 11.6 Å². The van der Waals surface area contributed by atoms with E-state index in [1.807, 2.05) is 12.3 Å². The third-order valence-corrected chi connectivity index (χ3v) is 5.06. The smallest absolute Gasteiger partial charge is 0.191 e. The maximum Gasteiger partial charge on any atom is 0.191 e. The van der Waals surface area contributed by atoms with Gasteiger partial charge in [-0.1, -0.05) is 25.1 Å². The summed E-state index contributed by atoms with van der Waals surface area (Å²) in [5.41, 5.74) is 2.33. The van der Waals surface area contributed by atoms with Gasteiger partial charge in [-0.3, -0.25) is 4.99 Å². The van der Waals surface area contributed by atoms with Gasteiger partial charge < -0.3 is 15.4 Å². The molecule has 0 spiro atoms. The molecule has 2 N–H and O–H groups in total. The van der Waals surface area contributed by atoms with Crippen molar-refractivity contribution in [1.29, 1.82) is 0 Å². The predicted octanol–water partition coefficient (Wildman–Crippen LogP) is 3.11. The quantitative estimate of drug-likeness (QED) is 0.431. The van der Waals surface area contributed by atoms with Crippen LogP contribution in [0.3, 0.4) is 0 Å². The molecule has 25 heavy (non-hydrogen) atoms. The van der Waals surface area contributed by atoms with Crippen molar-refractivity contribution in [3.8, 4) is 5.75 Å².